The summed E-state index contributed by atoms with van der Waals surface area (Å²) >= 11 is 0. The van der Waals surface area contributed by atoms with Gasteiger partial charge in [-0.15, -0.1) is 0 Å². The van der Waals surface area contributed by atoms with Gasteiger partial charge in [0.2, 0.25) is 0 Å². The summed E-state index contributed by atoms with van der Waals surface area (Å²) < 4.78 is 33.1. The van der Waals surface area contributed by atoms with Crippen LogP contribution in [0.15, 0.2) is 41.5 Å². The van der Waals surface area contributed by atoms with Crippen molar-refractivity contribution >= 4 is 17.6 Å². The third-order valence-corrected chi connectivity index (χ3v) is 3.97. The molecule has 1 amide bonds. The van der Waals surface area contributed by atoms with E-state index in [0.29, 0.717) is 18.7 Å². The van der Waals surface area contributed by atoms with E-state index in [1.165, 1.54) is 30.5 Å². The SMILES string of the molecule is C[C@@]1(c2cc(NC(=O)c3ncccc3F)ccc2F)CCOC(N)=N1. The molecule has 0 saturated heterocycles. The normalized spacial score (nSPS) is 19.7. The summed E-state index contributed by atoms with van der Waals surface area (Å²) in [5.41, 5.74) is 4.90. The first-order valence-electron chi connectivity index (χ1n) is 7.59. The van der Waals surface area contributed by atoms with Gasteiger partial charge >= 0.3 is 0 Å². The maximum atomic E-state index is 14.3. The molecule has 3 rings (SSSR count). The Kier molecular flexibility index (Phi) is 4.35. The number of carbonyl (C=O) groups excluding carboxylic acids is 1. The number of nitrogens with one attached hydrogen (secondary N) is 1. The standard InChI is InChI=1S/C17H16F2N4O2/c1-17(6-8-25-16(20)23-17)11-9-10(4-5-12(11)18)22-15(24)14-13(19)3-2-7-21-14/h2-5,7,9H,6,8H2,1H3,(H2,20,23)(H,22,24)/t17-/m0/s1. The molecule has 1 aliphatic rings. The molecular weight excluding hydrogens is 330 g/mol. The zero-order chi connectivity index (χ0) is 18.0. The fourth-order valence-corrected chi connectivity index (χ4v) is 2.64. The van der Waals surface area contributed by atoms with Gasteiger partial charge in [0.15, 0.2) is 11.5 Å². The molecule has 0 bridgehead atoms. The minimum Gasteiger partial charge on any atom is -0.465 e. The molecule has 0 aliphatic carbocycles. The summed E-state index contributed by atoms with van der Waals surface area (Å²) in [6.07, 6.45) is 1.74. The van der Waals surface area contributed by atoms with Crippen molar-refractivity contribution in [2.24, 2.45) is 10.7 Å². The second-order valence-corrected chi connectivity index (χ2v) is 5.80. The van der Waals surface area contributed by atoms with Gasteiger partial charge in [0, 0.05) is 23.9 Å². The number of hydrogen-bond acceptors (Lipinski definition) is 5. The summed E-state index contributed by atoms with van der Waals surface area (Å²) in [5.74, 6) is -1.95. The highest BCUT2D eigenvalue weighted by atomic mass is 19.1. The number of carbonyl (C=O) groups is 1. The highest BCUT2D eigenvalue weighted by Crippen LogP contribution is 2.35. The third kappa shape index (κ3) is 3.42. The lowest BCUT2D eigenvalue weighted by atomic mass is 9.88. The molecule has 0 fully saturated rings. The van der Waals surface area contributed by atoms with Crippen molar-refractivity contribution in [3.8, 4) is 0 Å². The van der Waals surface area contributed by atoms with Gasteiger partial charge in [0.05, 0.1) is 12.1 Å². The second-order valence-electron chi connectivity index (χ2n) is 5.80. The maximum Gasteiger partial charge on any atom is 0.282 e. The van der Waals surface area contributed by atoms with Gasteiger partial charge in [0.25, 0.3) is 11.9 Å². The molecule has 8 heteroatoms. The van der Waals surface area contributed by atoms with E-state index in [4.69, 9.17) is 10.5 Å². The lowest BCUT2D eigenvalue weighted by Crippen LogP contribution is -2.34. The Morgan fingerprint density at radius 3 is 2.84 bits per heavy atom. The number of pyridine rings is 1. The molecule has 130 valence electrons. The highest BCUT2D eigenvalue weighted by molar-refractivity contribution is 6.03. The van der Waals surface area contributed by atoms with E-state index in [9.17, 15) is 13.6 Å². The molecule has 25 heavy (non-hydrogen) atoms. The van der Waals surface area contributed by atoms with E-state index < -0.39 is 23.1 Å². The van der Waals surface area contributed by atoms with Crippen molar-refractivity contribution in [1.29, 1.82) is 0 Å². The van der Waals surface area contributed by atoms with Crippen LogP contribution in [-0.2, 0) is 10.3 Å². The summed E-state index contributed by atoms with van der Waals surface area (Å²) in [5, 5.41) is 2.52. The number of nitrogens with two attached hydrogens (primary N) is 1. The first-order chi connectivity index (χ1) is 11.9. The molecule has 1 aromatic heterocycles. The van der Waals surface area contributed by atoms with Crippen LogP contribution in [0.3, 0.4) is 0 Å². The van der Waals surface area contributed by atoms with Crippen LogP contribution >= 0.6 is 0 Å². The molecule has 1 atom stereocenters. The van der Waals surface area contributed by atoms with Crippen molar-refractivity contribution < 1.29 is 18.3 Å². The number of amidine groups is 1. The molecule has 2 aromatic rings. The molecule has 2 heterocycles. The quantitative estimate of drug-likeness (QED) is 0.894. The number of rotatable bonds is 3. The first kappa shape index (κ1) is 16.8. The van der Waals surface area contributed by atoms with Gasteiger partial charge in [0.1, 0.15) is 5.82 Å². The van der Waals surface area contributed by atoms with Gasteiger partial charge in [-0.1, -0.05) is 0 Å². The van der Waals surface area contributed by atoms with Crippen molar-refractivity contribution in [3.63, 3.8) is 0 Å². The number of anilines is 1. The summed E-state index contributed by atoms with van der Waals surface area (Å²) in [4.78, 5) is 20.1. The van der Waals surface area contributed by atoms with E-state index >= 15 is 0 Å². The molecule has 1 aliphatic heterocycles. The van der Waals surface area contributed by atoms with Crippen LogP contribution in [0.5, 0.6) is 0 Å². The molecule has 0 spiro atoms. The zero-order valence-corrected chi connectivity index (χ0v) is 13.4. The second kappa shape index (κ2) is 6.46. The largest absolute Gasteiger partial charge is 0.465 e. The average Bonchev–Trinajstić information content (AvgIpc) is 2.56. The molecule has 0 radical (unpaired) electrons. The summed E-state index contributed by atoms with van der Waals surface area (Å²) in [6.45, 7) is 2.03. The van der Waals surface area contributed by atoms with Gasteiger partial charge in [-0.2, -0.15) is 0 Å². The Labute approximate surface area is 142 Å². The number of hydrogen-bond donors (Lipinski definition) is 2. The van der Waals surface area contributed by atoms with E-state index in [-0.39, 0.29) is 17.3 Å². The van der Waals surface area contributed by atoms with E-state index in [0.717, 1.165) is 6.07 Å². The predicted octanol–water partition coefficient (Wildman–Crippen LogP) is 2.56. The number of halogens is 2. The predicted molar refractivity (Wildman–Crippen MR) is 88.1 cm³/mol. The molecule has 1 aromatic carbocycles. The first-order valence-corrected chi connectivity index (χ1v) is 7.59. The van der Waals surface area contributed by atoms with Crippen molar-refractivity contribution in [3.05, 3.63) is 59.4 Å². The summed E-state index contributed by atoms with van der Waals surface area (Å²) in [6, 6.07) is 6.56. The lowest BCUT2D eigenvalue weighted by Gasteiger charge is -2.30. The van der Waals surface area contributed by atoms with Gasteiger partial charge < -0.3 is 15.8 Å². The Bertz CT molecular complexity index is 856. The minimum atomic E-state index is -0.913. The lowest BCUT2D eigenvalue weighted by molar-refractivity contribution is 0.101. The Balaban J connectivity index is 1.91. The molecule has 3 N–H and O–H groups in total. The minimum absolute atomic E-state index is 0.0156. The van der Waals surface area contributed by atoms with Crippen LogP contribution in [0.25, 0.3) is 0 Å². The monoisotopic (exact) mass is 346 g/mol. The van der Waals surface area contributed by atoms with Gasteiger partial charge in [-0.3, -0.25) is 4.79 Å². The topological polar surface area (TPSA) is 89.6 Å². The van der Waals surface area contributed by atoms with E-state index in [1.54, 1.807) is 6.92 Å². The van der Waals surface area contributed by atoms with E-state index in [2.05, 4.69) is 15.3 Å². The van der Waals surface area contributed by atoms with Crippen molar-refractivity contribution in [2.75, 3.05) is 11.9 Å². The number of nitrogens with zero attached hydrogens (tertiary/aromatic N) is 2. The number of amides is 1. The number of benzene rings is 1. The molecule has 6 nitrogen and oxygen atoms in total. The average molecular weight is 346 g/mol. The number of aliphatic imine (C=N–C) groups is 1. The number of aromatic nitrogens is 1. The van der Waals surface area contributed by atoms with Crippen molar-refractivity contribution in [2.45, 2.75) is 18.9 Å². The van der Waals surface area contributed by atoms with Crippen LogP contribution in [0, 0.1) is 11.6 Å². The fourth-order valence-electron chi connectivity index (χ4n) is 2.64. The van der Waals surface area contributed by atoms with Gasteiger partial charge in [-0.05, 0) is 37.3 Å². The van der Waals surface area contributed by atoms with Crippen LogP contribution < -0.4 is 11.1 Å². The zero-order valence-electron chi connectivity index (χ0n) is 13.4. The van der Waals surface area contributed by atoms with Crippen LogP contribution in [0.4, 0.5) is 14.5 Å². The third-order valence-electron chi connectivity index (χ3n) is 3.97. The summed E-state index contributed by atoms with van der Waals surface area (Å²) in [7, 11) is 0. The fraction of sp³-hybridized carbons (Fsp3) is 0.235. The van der Waals surface area contributed by atoms with Crippen LogP contribution in [0.1, 0.15) is 29.4 Å². The van der Waals surface area contributed by atoms with Gasteiger partial charge in [-0.25, -0.2) is 18.8 Å². The maximum absolute atomic E-state index is 14.3. The van der Waals surface area contributed by atoms with Crippen LogP contribution in [0.2, 0.25) is 0 Å². The molecular formula is C17H16F2N4O2. The van der Waals surface area contributed by atoms with Crippen LogP contribution in [-0.4, -0.2) is 23.5 Å². The molecule has 0 saturated carbocycles. The Morgan fingerprint density at radius 2 is 2.12 bits per heavy atom. The Morgan fingerprint density at radius 1 is 1.32 bits per heavy atom. The highest BCUT2D eigenvalue weighted by Gasteiger charge is 2.33. The number of ether oxygens (including phenoxy) is 1. The van der Waals surface area contributed by atoms with E-state index in [1.807, 2.05) is 0 Å². The van der Waals surface area contributed by atoms with Crippen molar-refractivity contribution in [1.82, 2.24) is 4.98 Å². The smallest absolute Gasteiger partial charge is 0.282 e. The Hall–Kier alpha value is -3.03. The molecule has 0 unspecified atom stereocenters.